The highest BCUT2D eigenvalue weighted by Gasteiger charge is 2.12. The molecule has 0 aliphatic heterocycles. The van der Waals surface area contributed by atoms with Crippen LogP contribution in [0.3, 0.4) is 0 Å². The first kappa shape index (κ1) is 13.9. The van der Waals surface area contributed by atoms with Gasteiger partial charge in [0.05, 0.1) is 12.2 Å². The number of carbonyl (C=O) groups is 1. The quantitative estimate of drug-likeness (QED) is 0.769. The summed E-state index contributed by atoms with van der Waals surface area (Å²) >= 11 is 0. The lowest BCUT2D eigenvalue weighted by Gasteiger charge is -2.07. The van der Waals surface area contributed by atoms with Crippen molar-refractivity contribution in [3.05, 3.63) is 36.3 Å². The number of nitrogens with two attached hydrogens (primary N) is 1. The lowest BCUT2D eigenvalue weighted by atomic mass is 10.2. The number of aromatic nitrogens is 3. The van der Waals surface area contributed by atoms with Gasteiger partial charge in [0.15, 0.2) is 5.82 Å². The fraction of sp³-hybridized carbons (Fsp3) is 0.231. The largest absolute Gasteiger partial charge is 0.383 e. The van der Waals surface area contributed by atoms with Crippen LogP contribution in [0.5, 0.6) is 0 Å². The summed E-state index contributed by atoms with van der Waals surface area (Å²) in [4.78, 5) is 24.1. The van der Waals surface area contributed by atoms with Gasteiger partial charge in [0.1, 0.15) is 5.82 Å². The number of nitrogens with one attached hydrogen (secondary N) is 1. The summed E-state index contributed by atoms with van der Waals surface area (Å²) in [7, 11) is 1.56. The maximum atomic E-state index is 11.8. The summed E-state index contributed by atoms with van der Waals surface area (Å²) in [6.45, 7) is 0.833. The van der Waals surface area contributed by atoms with Gasteiger partial charge in [0.2, 0.25) is 0 Å². The van der Waals surface area contributed by atoms with Crippen molar-refractivity contribution in [2.24, 2.45) is 0 Å². The zero-order valence-corrected chi connectivity index (χ0v) is 11.0. The van der Waals surface area contributed by atoms with Crippen molar-refractivity contribution in [3.63, 3.8) is 0 Å². The third-order valence-electron chi connectivity index (χ3n) is 2.57. The molecule has 2 heterocycles. The molecule has 0 spiro atoms. The number of methoxy groups -OCH3 is 1. The molecule has 0 fully saturated rings. The zero-order valence-electron chi connectivity index (χ0n) is 11.0. The topological polar surface area (TPSA) is 103 Å². The Morgan fingerprint density at radius 3 is 2.95 bits per heavy atom. The van der Waals surface area contributed by atoms with Gasteiger partial charge in [-0.25, -0.2) is 9.97 Å². The van der Waals surface area contributed by atoms with Crippen LogP contribution in [-0.2, 0) is 4.74 Å². The minimum absolute atomic E-state index is 0.133. The van der Waals surface area contributed by atoms with Gasteiger partial charge in [-0.2, -0.15) is 0 Å². The molecule has 0 aliphatic carbocycles. The highest BCUT2D eigenvalue weighted by atomic mass is 16.5. The van der Waals surface area contributed by atoms with Crippen LogP contribution in [0, 0.1) is 0 Å². The molecular weight excluding hydrogens is 258 g/mol. The number of nitrogens with zero attached hydrogens (tertiary/aromatic N) is 3. The number of nitrogen functional groups attached to an aromatic ring is 1. The number of pyridine rings is 1. The van der Waals surface area contributed by atoms with Crippen LogP contribution in [0.2, 0.25) is 0 Å². The predicted molar refractivity (Wildman–Crippen MR) is 73.9 cm³/mol. The van der Waals surface area contributed by atoms with Gasteiger partial charge >= 0.3 is 0 Å². The van der Waals surface area contributed by atoms with Crippen LogP contribution in [0.25, 0.3) is 11.4 Å². The maximum Gasteiger partial charge on any atom is 0.256 e. The molecule has 104 valence electrons. The molecule has 0 saturated heterocycles. The van der Waals surface area contributed by atoms with Gasteiger partial charge in [-0.05, 0) is 12.1 Å². The van der Waals surface area contributed by atoms with Crippen LogP contribution in [-0.4, -0.2) is 41.1 Å². The van der Waals surface area contributed by atoms with Crippen molar-refractivity contribution in [2.75, 3.05) is 26.0 Å². The van der Waals surface area contributed by atoms with E-state index in [1.165, 1.54) is 6.20 Å². The standard InChI is InChI=1S/C13H15N5O2/c1-20-6-5-16-13(19)10-8-17-12(18-11(10)14)9-3-2-4-15-7-9/h2-4,7-8H,5-6H2,1H3,(H,16,19)(H2,14,17,18). The van der Waals surface area contributed by atoms with Crippen molar-refractivity contribution in [1.29, 1.82) is 0 Å². The number of hydrogen-bond acceptors (Lipinski definition) is 6. The lowest BCUT2D eigenvalue weighted by Crippen LogP contribution is -2.28. The Morgan fingerprint density at radius 1 is 1.45 bits per heavy atom. The highest BCUT2D eigenvalue weighted by Crippen LogP contribution is 2.16. The second-order valence-corrected chi connectivity index (χ2v) is 3.98. The Kier molecular flexibility index (Phi) is 4.56. The fourth-order valence-corrected chi connectivity index (χ4v) is 1.57. The van der Waals surface area contributed by atoms with Gasteiger partial charge in [0.25, 0.3) is 5.91 Å². The number of hydrogen-bond donors (Lipinski definition) is 2. The van der Waals surface area contributed by atoms with Crippen LogP contribution in [0.1, 0.15) is 10.4 Å². The summed E-state index contributed by atoms with van der Waals surface area (Å²) < 4.78 is 4.85. The van der Waals surface area contributed by atoms with E-state index in [1.54, 1.807) is 25.6 Å². The summed E-state index contributed by atoms with van der Waals surface area (Å²) in [6.07, 6.45) is 4.70. The number of ether oxygens (including phenoxy) is 1. The zero-order chi connectivity index (χ0) is 14.4. The number of amides is 1. The Labute approximate surface area is 116 Å². The first-order valence-corrected chi connectivity index (χ1v) is 6.02. The van der Waals surface area contributed by atoms with Crippen LogP contribution in [0.15, 0.2) is 30.7 Å². The van der Waals surface area contributed by atoms with Crippen LogP contribution in [0.4, 0.5) is 5.82 Å². The molecule has 0 saturated carbocycles. The monoisotopic (exact) mass is 273 g/mol. The van der Waals surface area contributed by atoms with Crippen molar-refractivity contribution in [2.45, 2.75) is 0 Å². The molecule has 2 aromatic heterocycles. The average molecular weight is 273 g/mol. The second-order valence-electron chi connectivity index (χ2n) is 3.98. The SMILES string of the molecule is COCCNC(=O)c1cnc(-c2cccnc2)nc1N. The molecule has 2 aromatic rings. The molecule has 0 atom stereocenters. The fourth-order valence-electron chi connectivity index (χ4n) is 1.57. The first-order chi connectivity index (χ1) is 9.72. The van der Waals surface area contributed by atoms with Gasteiger partial charge in [0, 0.05) is 37.8 Å². The Balaban J connectivity index is 2.16. The van der Waals surface area contributed by atoms with E-state index >= 15 is 0 Å². The molecule has 1 amide bonds. The molecule has 20 heavy (non-hydrogen) atoms. The summed E-state index contributed by atoms with van der Waals surface area (Å²) in [6, 6.07) is 3.60. The average Bonchev–Trinajstić information content (AvgIpc) is 2.48. The van der Waals surface area contributed by atoms with E-state index in [9.17, 15) is 4.79 Å². The number of anilines is 1. The third kappa shape index (κ3) is 3.27. The van der Waals surface area contributed by atoms with E-state index in [0.29, 0.717) is 19.0 Å². The van der Waals surface area contributed by atoms with Gasteiger partial charge in [-0.3, -0.25) is 9.78 Å². The minimum atomic E-state index is -0.322. The van der Waals surface area contributed by atoms with Gasteiger partial charge in [-0.1, -0.05) is 0 Å². The van der Waals surface area contributed by atoms with E-state index < -0.39 is 0 Å². The summed E-state index contributed by atoms with van der Waals surface area (Å²) in [5.41, 5.74) is 6.79. The van der Waals surface area contributed by atoms with Crippen molar-refractivity contribution in [3.8, 4) is 11.4 Å². The van der Waals surface area contributed by atoms with Gasteiger partial charge < -0.3 is 15.8 Å². The normalized spacial score (nSPS) is 10.2. The maximum absolute atomic E-state index is 11.8. The molecule has 3 N–H and O–H groups in total. The molecule has 7 nitrogen and oxygen atoms in total. The Morgan fingerprint density at radius 2 is 2.30 bits per heavy atom. The second kappa shape index (κ2) is 6.58. The van der Waals surface area contributed by atoms with Crippen molar-refractivity contribution >= 4 is 11.7 Å². The van der Waals surface area contributed by atoms with E-state index in [-0.39, 0.29) is 17.3 Å². The van der Waals surface area contributed by atoms with E-state index in [2.05, 4.69) is 20.3 Å². The minimum Gasteiger partial charge on any atom is -0.383 e. The molecule has 0 radical (unpaired) electrons. The molecular formula is C13H15N5O2. The summed E-state index contributed by atoms with van der Waals surface area (Å²) in [5.74, 6) is 0.245. The number of rotatable bonds is 5. The predicted octanol–water partition coefficient (Wildman–Crippen LogP) is 0.497. The Bertz CT molecular complexity index is 589. The van der Waals surface area contributed by atoms with Gasteiger partial charge in [-0.15, -0.1) is 0 Å². The van der Waals surface area contributed by atoms with Crippen LogP contribution < -0.4 is 11.1 Å². The van der Waals surface area contributed by atoms with E-state index in [4.69, 9.17) is 10.5 Å². The highest BCUT2D eigenvalue weighted by molar-refractivity contribution is 5.98. The molecule has 0 bridgehead atoms. The molecule has 0 unspecified atom stereocenters. The number of carbonyl (C=O) groups excluding carboxylic acids is 1. The molecule has 0 aliphatic rings. The van der Waals surface area contributed by atoms with Crippen LogP contribution >= 0.6 is 0 Å². The lowest BCUT2D eigenvalue weighted by molar-refractivity contribution is 0.0937. The van der Waals surface area contributed by atoms with Crippen molar-refractivity contribution in [1.82, 2.24) is 20.3 Å². The van der Waals surface area contributed by atoms with E-state index in [1.807, 2.05) is 6.07 Å². The smallest absolute Gasteiger partial charge is 0.256 e. The molecule has 2 rings (SSSR count). The molecule has 0 aromatic carbocycles. The third-order valence-corrected chi connectivity index (χ3v) is 2.57. The first-order valence-electron chi connectivity index (χ1n) is 6.02. The molecule has 7 heteroatoms. The van der Waals surface area contributed by atoms with E-state index in [0.717, 1.165) is 5.56 Å². The summed E-state index contributed by atoms with van der Waals surface area (Å²) in [5, 5.41) is 2.66. The van der Waals surface area contributed by atoms with Crippen molar-refractivity contribution < 1.29 is 9.53 Å². The Hall–Kier alpha value is -2.54.